The quantitative estimate of drug-likeness (QED) is 0.678. The van der Waals surface area contributed by atoms with Gasteiger partial charge in [0, 0.05) is 37.2 Å². The number of fused-ring (bicyclic) bond motifs is 1. The van der Waals surface area contributed by atoms with E-state index in [0.29, 0.717) is 5.95 Å². The van der Waals surface area contributed by atoms with Crippen LogP contribution in [0.15, 0.2) is 24.7 Å². The average molecular weight is 201 g/mol. The van der Waals surface area contributed by atoms with E-state index in [1.54, 1.807) is 23.1 Å². The summed E-state index contributed by atoms with van der Waals surface area (Å²) in [6.45, 7) is 1.87. The molecule has 2 aromatic heterocycles. The third-order valence-corrected chi connectivity index (χ3v) is 2.49. The van der Waals surface area contributed by atoms with E-state index in [9.17, 15) is 0 Å². The second-order valence-corrected chi connectivity index (χ2v) is 3.77. The first-order valence-electron chi connectivity index (χ1n) is 4.86. The molecule has 0 amide bonds. The van der Waals surface area contributed by atoms with Gasteiger partial charge in [0.05, 0.1) is 5.69 Å². The van der Waals surface area contributed by atoms with Crippen molar-refractivity contribution in [2.24, 2.45) is 0 Å². The van der Waals surface area contributed by atoms with E-state index in [1.807, 2.05) is 6.20 Å². The van der Waals surface area contributed by atoms with Crippen molar-refractivity contribution >= 4 is 0 Å². The summed E-state index contributed by atoms with van der Waals surface area (Å²) in [5.74, 6) is 0.634. The van der Waals surface area contributed by atoms with Crippen LogP contribution in [0.1, 0.15) is 11.3 Å². The average Bonchev–Trinajstić information content (AvgIpc) is 2.76. The van der Waals surface area contributed by atoms with E-state index in [1.165, 1.54) is 5.56 Å². The summed E-state index contributed by atoms with van der Waals surface area (Å²) in [6, 6.07) is 1.80. The zero-order valence-corrected chi connectivity index (χ0v) is 8.46. The number of hydrogen-bond acceptors (Lipinski definition) is 4. The molecule has 76 valence electrons. The summed E-state index contributed by atoms with van der Waals surface area (Å²) in [4.78, 5) is 10.5. The lowest BCUT2D eigenvalue weighted by Crippen LogP contribution is -2.10. The van der Waals surface area contributed by atoms with Gasteiger partial charge >= 0.3 is 0 Å². The van der Waals surface area contributed by atoms with Gasteiger partial charge in [-0.3, -0.25) is 4.90 Å². The molecule has 0 saturated heterocycles. The van der Waals surface area contributed by atoms with E-state index in [4.69, 9.17) is 0 Å². The molecule has 3 rings (SSSR count). The van der Waals surface area contributed by atoms with Gasteiger partial charge in [0.2, 0.25) is 5.95 Å². The second-order valence-electron chi connectivity index (χ2n) is 3.77. The number of rotatable bonds is 1. The van der Waals surface area contributed by atoms with E-state index in [2.05, 4.69) is 27.0 Å². The molecular weight excluding hydrogens is 190 g/mol. The molecule has 0 saturated carbocycles. The first kappa shape index (κ1) is 8.55. The minimum absolute atomic E-state index is 0.634. The third-order valence-electron chi connectivity index (χ3n) is 2.49. The molecule has 0 fully saturated rings. The number of hydrogen-bond donors (Lipinski definition) is 0. The van der Waals surface area contributed by atoms with Crippen LogP contribution in [0.3, 0.4) is 0 Å². The summed E-state index contributed by atoms with van der Waals surface area (Å²) >= 11 is 0. The molecule has 3 heterocycles. The van der Waals surface area contributed by atoms with Gasteiger partial charge in [0.1, 0.15) is 0 Å². The normalized spacial score (nSPS) is 15.5. The first-order chi connectivity index (χ1) is 7.33. The Bertz CT molecular complexity index is 452. The molecule has 2 aromatic rings. The molecule has 0 unspecified atom stereocenters. The molecular formula is C10H11N5. The van der Waals surface area contributed by atoms with Gasteiger partial charge < -0.3 is 0 Å². The van der Waals surface area contributed by atoms with Gasteiger partial charge in [-0.1, -0.05) is 0 Å². The fourth-order valence-corrected chi connectivity index (χ4v) is 1.82. The van der Waals surface area contributed by atoms with Crippen molar-refractivity contribution in [2.45, 2.75) is 13.1 Å². The van der Waals surface area contributed by atoms with E-state index in [0.717, 1.165) is 18.8 Å². The SMILES string of the molecule is CN1Cc2cn(-c3ncccn3)nc2C1. The van der Waals surface area contributed by atoms with Crippen LogP contribution in [-0.2, 0) is 13.1 Å². The highest BCUT2D eigenvalue weighted by molar-refractivity contribution is 5.24. The molecule has 0 radical (unpaired) electrons. The molecule has 1 aliphatic rings. The smallest absolute Gasteiger partial charge is 0.250 e. The summed E-state index contributed by atoms with van der Waals surface area (Å²) in [5, 5.41) is 4.46. The predicted octanol–water partition coefficient (Wildman–Crippen LogP) is 0.608. The maximum absolute atomic E-state index is 4.46. The van der Waals surface area contributed by atoms with Crippen LogP contribution in [-0.4, -0.2) is 31.7 Å². The Morgan fingerprint density at radius 3 is 2.73 bits per heavy atom. The fourth-order valence-electron chi connectivity index (χ4n) is 1.82. The van der Waals surface area contributed by atoms with Crippen molar-refractivity contribution in [1.29, 1.82) is 0 Å². The van der Waals surface area contributed by atoms with Crippen LogP contribution in [0.5, 0.6) is 0 Å². The zero-order chi connectivity index (χ0) is 10.3. The minimum Gasteiger partial charge on any atom is -0.296 e. The van der Waals surface area contributed by atoms with E-state index in [-0.39, 0.29) is 0 Å². The predicted molar refractivity (Wildman–Crippen MR) is 54.3 cm³/mol. The molecule has 5 heteroatoms. The van der Waals surface area contributed by atoms with Crippen LogP contribution in [0.2, 0.25) is 0 Å². The monoisotopic (exact) mass is 201 g/mol. The Labute approximate surface area is 87.4 Å². The Kier molecular flexibility index (Phi) is 1.78. The lowest BCUT2D eigenvalue weighted by Gasteiger charge is -2.05. The topological polar surface area (TPSA) is 46.8 Å². The standard InChI is InChI=1S/C10H11N5/c1-14-5-8-6-15(13-9(8)7-14)10-11-3-2-4-12-10/h2-4,6H,5,7H2,1H3. The number of aromatic nitrogens is 4. The summed E-state index contributed by atoms with van der Waals surface area (Å²) < 4.78 is 1.75. The Hall–Kier alpha value is -1.75. The van der Waals surface area contributed by atoms with Gasteiger partial charge in [-0.15, -0.1) is 0 Å². The molecule has 0 N–H and O–H groups in total. The molecule has 5 nitrogen and oxygen atoms in total. The Balaban J connectivity index is 2.00. The highest BCUT2D eigenvalue weighted by Gasteiger charge is 2.20. The third kappa shape index (κ3) is 1.41. The van der Waals surface area contributed by atoms with Gasteiger partial charge in [-0.05, 0) is 13.1 Å². The lowest BCUT2D eigenvalue weighted by atomic mass is 10.3. The zero-order valence-electron chi connectivity index (χ0n) is 8.46. The summed E-state index contributed by atoms with van der Waals surface area (Å²) in [5.41, 5.74) is 2.40. The van der Waals surface area contributed by atoms with Crippen molar-refractivity contribution in [2.75, 3.05) is 7.05 Å². The Morgan fingerprint density at radius 1 is 1.20 bits per heavy atom. The van der Waals surface area contributed by atoms with Crippen LogP contribution >= 0.6 is 0 Å². The van der Waals surface area contributed by atoms with Crippen molar-refractivity contribution in [3.63, 3.8) is 0 Å². The van der Waals surface area contributed by atoms with Crippen LogP contribution < -0.4 is 0 Å². The van der Waals surface area contributed by atoms with Crippen LogP contribution in [0.25, 0.3) is 5.95 Å². The fraction of sp³-hybridized carbons (Fsp3) is 0.300. The highest BCUT2D eigenvalue weighted by atomic mass is 15.4. The van der Waals surface area contributed by atoms with Crippen molar-refractivity contribution < 1.29 is 0 Å². The lowest BCUT2D eigenvalue weighted by molar-refractivity contribution is 0.347. The molecule has 0 aliphatic carbocycles. The molecule has 0 aromatic carbocycles. The van der Waals surface area contributed by atoms with E-state index >= 15 is 0 Å². The Morgan fingerprint density at radius 2 is 2.00 bits per heavy atom. The van der Waals surface area contributed by atoms with Gasteiger partial charge in [0.15, 0.2) is 0 Å². The molecule has 1 aliphatic heterocycles. The first-order valence-corrected chi connectivity index (χ1v) is 4.86. The van der Waals surface area contributed by atoms with Gasteiger partial charge in [0.25, 0.3) is 0 Å². The second kappa shape index (κ2) is 3.13. The van der Waals surface area contributed by atoms with Gasteiger partial charge in [-0.2, -0.15) is 5.10 Å². The van der Waals surface area contributed by atoms with Crippen LogP contribution in [0, 0.1) is 0 Å². The molecule has 0 atom stereocenters. The number of nitrogens with zero attached hydrogens (tertiary/aromatic N) is 5. The van der Waals surface area contributed by atoms with Gasteiger partial charge in [-0.25, -0.2) is 14.6 Å². The summed E-state index contributed by atoms with van der Waals surface area (Å²) in [7, 11) is 2.09. The highest BCUT2D eigenvalue weighted by Crippen LogP contribution is 2.20. The maximum atomic E-state index is 4.46. The van der Waals surface area contributed by atoms with Crippen molar-refractivity contribution in [3.05, 3.63) is 35.9 Å². The summed E-state index contributed by atoms with van der Waals surface area (Å²) in [6.07, 6.45) is 5.46. The largest absolute Gasteiger partial charge is 0.296 e. The molecule has 15 heavy (non-hydrogen) atoms. The van der Waals surface area contributed by atoms with Crippen LogP contribution in [0.4, 0.5) is 0 Å². The van der Waals surface area contributed by atoms with Crippen molar-refractivity contribution in [1.82, 2.24) is 24.6 Å². The van der Waals surface area contributed by atoms with Crippen molar-refractivity contribution in [3.8, 4) is 5.95 Å². The van der Waals surface area contributed by atoms with E-state index < -0.39 is 0 Å². The molecule has 0 spiro atoms. The molecule has 0 bridgehead atoms. The minimum atomic E-state index is 0.634. The maximum Gasteiger partial charge on any atom is 0.250 e.